The third-order valence-electron chi connectivity index (χ3n) is 6.79. The molecule has 0 amide bonds. The first-order chi connectivity index (χ1) is 16.3. The molecule has 3 aromatic carbocycles. The van der Waals surface area contributed by atoms with Gasteiger partial charge in [0.25, 0.3) is 0 Å². The van der Waals surface area contributed by atoms with Gasteiger partial charge in [0.15, 0.2) is 0 Å². The van der Waals surface area contributed by atoms with Crippen molar-refractivity contribution in [1.29, 1.82) is 0 Å². The van der Waals surface area contributed by atoms with Gasteiger partial charge in [0.1, 0.15) is 0 Å². The van der Waals surface area contributed by atoms with Crippen molar-refractivity contribution in [3.8, 4) is 0 Å². The average Bonchev–Trinajstić information content (AvgIpc) is 3.19. The summed E-state index contributed by atoms with van der Waals surface area (Å²) in [5.41, 5.74) is 4.65. The van der Waals surface area contributed by atoms with Crippen molar-refractivity contribution < 1.29 is 5.48 Å². The van der Waals surface area contributed by atoms with Gasteiger partial charge in [0.2, 0.25) is 0 Å². The van der Waals surface area contributed by atoms with Crippen molar-refractivity contribution >= 4 is 11.0 Å². The Bertz CT molecular complexity index is 1170. The molecular formula is C28H34N4O2. The molecule has 0 bridgehead atoms. The first kappa shape index (κ1) is 24.0. The van der Waals surface area contributed by atoms with Crippen molar-refractivity contribution in [3.63, 3.8) is 0 Å². The van der Waals surface area contributed by atoms with Crippen molar-refractivity contribution in [3.05, 3.63) is 107 Å². The number of aromatic nitrogens is 2. The van der Waals surface area contributed by atoms with Crippen LogP contribution >= 0.6 is 0 Å². The molecule has 1 fully saturated rings. The van der Waals surface area contributed by atoms with E-state index in [1.165, 1.54) is 11.1 Å². The number of hydrogen-bond acceptors (Lipinski definition) is 3. The average molecular weight is 459 g/mol. The molecule has 3 N–H and O–H groups in total. The number of aryl methyl sites for hydroxylation is 1. The van der Waals surface area contributed by atoms with Crippen LogP contribution in [0.1, 0.15) is 30.0 Å². The Kier molecular flexibility index (Phi) is 7.95. The Morgan fingerprint density at radius 2 is 1.26 bits per heavy atom. The fourth-order valence-electron chi connectivity index (χ4n) is 5.06. The van der Waals surface area contributed by atoms with Gasteiger partial charge in [-0.15, -0.1) is 0 Å². The highest BCUT2D eigenvalue weighted by Gasteiger charge is 2.26. The molecule has 0 atom stereocenters. The van der Waals surface area contributed by atoms with Crippen molar-refractivity contribution in [1.82, 2.24) is 19.4 Å². The predicted octanol–water partition coefficient (Wildman–Crippen LogP) is 3.69. The van der Waals surface area contributed by atoms with Crippen molar-refractivity contribution in [2.24, 2.45) is 0 Å². The Hall–Kier alpha value is -3.19. The molecule has 0 radical (unpaired) electrons. The lowest BCUT2D eigenvalue weighted by Gasteiger charge is -2.39. The quantitative estimate of drug-likeness (QED) is 0.409. The second kappa shape index (κ2) is 11.3. The maximum absolute atomic E-state index is 12.3. The molecule has 1 aliphatic rings. The van der Waals surface area contributed by atoms with Gasteiger partial charge in [-0.05, 0) is 42.6 Å². The monoisotopic (exact) mass is 458 g/mol. The Labute approximate surface area is 200 Å². The normalized spacial score (nSPS) is 15.0. The third kappa shape index (κ3) is 5.30. The maximum Gasteiger partial charge on any atom is 0.326 e. The molecule has 1 aromatic heterocycles. The molecule has 178 valence electrons. The van der Waals surface area contributed by atoms with Gasteiger partial charge in [0, 0.05) is 32.7 Å². The topological polar surface area (TPSA) is 75.8 Å². The molecule has 1 aliphatic heterocycles. The maximum atomic E-state index is 12.3. The van der Waals surface area contributed by atoms with E-state index in [-0.39, 0.29) is 11.2 Å². The summed E-state index contributed by atoms with van der Waals surface area (Å²) in [7, 11) is 0. The van der Waals surface area contributed by atoms with Gasteiger partial charge in [-0.2, -0.15) is 0 Å². The first-order valence-corrected chi connectivity index (χ1v) is 12.0. The first-order valence-electron chi connectivity index (χ1n) is 12.0. The molecule has 6 nitrogen and oxygen atoms in total. The summed E-state index contributed by atoms with van der Waals surface area (Å²) in [4.78, 5) is 20.4. The van der Waals surface area contributed by atoms with Gasteiger partial charge in [-0.3, -0.25) is 9.47 Å². The zero-order valence-electron chi connectivity index (χ0n) is 19.6. The molecule has 0 aliphatic carbocycles. The number of H-pyrrole nitrogens is 1. The van der Waals surface area contributed by atoms with E-state index in [9.17, 15) is 4.79 Å². The van der Waals surface area contributed by atoms with E-state index in [0.29, 0.717) is 6.04 Å². The van der Waals surface area contributed by atoms with E-state index >= 15 is 0 Å². The van der Waals surface area contributed by atoms with E-state index in [1.807, 2.05) is 28.8 Å². The summed E-state index contributed by atoms with van der Waals surface area (Å²) < 4.78 is 1.87. The summed E-state index contributed by atoms with van der Waals surface area (Å²) in [5.74, 6) is 0. The number of nitrogens with zero attached hydrogens (tertiary/aromatic N) is 3. The van der Waals surface area contributed by atoms with E-state index in [1.54, 1.807) is 0 Å². The second-order valence-electron chi connectivity index (χ2n) is 8.91. The lowest BCUT2D eigenvalue weighted by molar-refractivity contribution is 0.108. The van der Waals surface area contributed by atoms with Crippen LogP contribution in [0.2, 0.25) is 0 Å². The lowest BCUT2D eigenvalue weighted by Crippen LogP contribution is -2.48. The molecule has 1 saturated heterocycles. The largest absolute Gasteiger partial charge is 0.412 e. The number of imidazole rings is 1. The molecule has 34 heavy (non-hydrogen) atoms. The Balaban J connectivity index is 0.00000274. The lowest BCUT2D eigenvalue weighted by atomic mass is 9.96. The van der Waals surface area contributed by atoms with E-state index in [2.05, 4.69) is 75.4 Å². The van der Waals surface area contributed by atoms with Crippen molar-refractivity contribution in [2.75, 3.05) is 32.7 Å². The van der Waals surface area contributed by atoms with E-state index in [0.717, 1.165) is 63.1 Å². The summed E-state index contributed by atoms with van der Waals surface area (Å²) in [6.07, 6.45) is 2.12. The predicted molar refractivity (Wildman–Crippen MR) is 138 cm³/mol. The molecular weight excluding hydrogens is 424 g/mol. The number of piperazine rings is 1. The third-order valence-corrected chi connectivity index (χ3v) is 6.79. The number of nitrogens with one attached hydrogen (secondary N) is 1. The zero-order chi connectivity index (χ0) is 22.5. The van der Waals surface area contributed by atoms with Crippen LogP contribution in [-0.4, -0.2) is 57.6 Å². The minimum absolute atomic E-state index is 0. The minimum atomic E-state index is -0.00215. The molecule has 4 aromatic rings. The van der Waals surface area contributed by atoms with E-state index < -0.39 is 0 Å². The van der Waals surface area contributed by atoms with Crippen LogP contribution in [-0.2, 0) is 6.54 Å². The van der Waals surface area contributed by atoms with Gasteiger partial charge in [-0.25, -0.2) is 4.79 Å². The number of hydrogen-bond donors (Lipinski definition) is 1. The number of para-hydroxylation sites is 2. The highest BCUT2D eigenvalue weighted by molar-refractivity contribution is 5.74. The molecule has 0 saturated carbocycles. The summed E-state index contributed by atoms with van der Waals surface area (Å²) in [6.45, 7) is 6.16. The van der Waals surface area contributed by atoms with Gasteiger partial charge < -0.3 is 15.4 Å². The SMILES string of the molecule is O.O=c1[nH]c2ccccc2n1CCCCN1CCN(C(c2ccccc2)c2ccccc2)CC1. The van der Waals surface area contributed by atoms with E-state index in [4.69, 9.17) is 0 Å². The van der Waals surface area contributed by atoms with Gasteiger partial charge in [-0.1, -0.05) is 72.8 Å². The summed E-state index contributed by atoms with van der Waals surface area (Å²) in [5, 5.41) is 0. The summed E-state index contributed by atoms with van der Waals surface area (Å²) >= 11 is 0. The number of benzene rings is 3. The molecule has 5 rings (SSSR count). The van der Waals surface area contributed by atoms with Gasteiger partial charge >= 0.3 is 5.69 Å². The van der Waals surface area contributed by atoms with Crippen LogP contribution in [0.4, 0.5) is 0 Å². The fraction of sp³-hybridized carbons (Fsp3) is 0.321. The minimum Gasteiger partial charge on any atom is -0.412 e. The highest BCUT2D eigenvalue weighted by Crippen LogP contribution is 2.29. The standard InChI is InChI=1S/C28H32N4O.H2O/c33-28-29-25-15-7-8-16-26(25)32(28)18-10-9-17-30-19-21-31(22-20-30)27(23-11-3-1-4-12-23)24-13-5-2-6-14-24;/h1-8,11-16,27H,9-10,17-22H2,(H,29,33);1H2. The van der Waals surface area contributed by atoms with Crippen LogP contribution in [0.15, 0.2) is 89.7 Å². The van der Waals surface area contributed by atoms with Crippen LogP contribution < -0.4 is 5.69 Å². The van der Waals surface area contributed by atoms with Gasteiger partial charge in [0.05, 0.1) is 17.1 Å². The molecule has 0 spiro atoms. The second-order valence-corrected chi connectivity index (χ2v) is 8.91. The fourth-order valence-corrected chi connectivity index (χ4v) is 5.06. The van der Waals surface area contributed by atoms with Crippen LogP contribution in [0, 0.1) is 0 Å². The smallest absolute Gasteiger partial charge is 0.326 e. The van der Waals surface area contributed by atoms with Crippen molar-refractivity contribution in [2.45, 2.75) is 25.4 Å². The number of unbranched alkanes of at least 4 members (excludes halogenated alkanes) is 1. The van der Waals surface area contributed by atoms with Crippen LogP contribution in [0.3, 0.4) is 0 Å². The molecule has 2 heterocycles. The molecule has 0 unspecified atom stereocenters. The zero-order valence-corrected chi connectivity index (χ0v) is 19.6. The number of rotatable bonds is 8. The van der Waals surface area contributed by atoms with Crippen LogP contribution in [0.25, 0.3) is 11.0 Å². The number of fused-ring (bicyclic) bond motifs is 1. The highest BCUT2D eigenvalue weighted by atomic mass is 16.1. The van der Waals surface area contributed by atoms with Crippen LogP contribution in [0.5, 0.6) is 0 Å². The Morgan fingerprint density at radius 1 is 0.706 bits per heavy atom. The molecule has 6 heteroatoms. The summed E-state index contributed by atoms with van der Waals surface area (Å²) in [6, 6.07) is 30.0. The number of aromatic amines is 1. The Morgan fingerprint density at radius 3 is 1.91 bits per heavy atom.